The lowest BCUT2D eigenvalue weighted by Crippen LogP contribution is -2.67. The third kappa shape index (κ3) is 8.35. The second-order valence-corrected chi connectivity index (χ2v) is 21.4. The molecule has 2 aliphatic rings. The molecule has 7 rings (SSSR count). The molecule has 0 N–H and O–H groups in total. The number of hydrogen-bond donors (Lipinski definition) is 0. The molecule has 0 bridgehead atoms. The van der Waals surface area contributed by atoms with Gasteiger partial charge in [-0.25, -0.2) is 0 Å². The predicted molar refractivity (Wildman–Crippen MR) is 220 cm³/mol. The maximum absolute atomic E-state index is 9.13. The molecule has 1 saturated carbocycles. The van der Waals surface area contributed by atoms with E-state index < -0.39 is 8.32 Å². The van der Waals surface area contributed by atoms with Crippen molar-refractivity contribution in [2.45, 2.75) is 77.5 Å². The molecular weight excluding hydrogens is 685 g/mol. The van der Waals surface area contributed by atoms with Crippen LogP contribution in [0.5, 0.6) is 5.75 Å². The summed E-state index contributed by atoms with van der Waals surface area (Å²) in [6.45, 7) is 12.5. The van der Waals surface area contributed by atoms with Gasteiger partial charge in [0.1, 0.15) is 12.4 Å². The number of hydrogen-bond acceptors (Lipinski definition) is 7. The van der Waals surface area contributed by atoms with Crippen LogP contribution in [0.1, 0.15) is 75.3 Å². The van der Waals surface area contributed by atoms with Crippen LogP contribution in [-0.4, -0.2) is 63.6 Å². The number of piperidine rings is 1. The Balaban J connectivity index is 0.956. The Morgan fingerprint density at radius 2 is 1.56 bits per heavy atom. The highest BCUT2D eigenvalue weighted by Crippen LogP contribution is 2.49. The summed E-state index contributed by atoms with van der Waals surface area (Å²) in [6.07, 6.45) is 6.99. The topological polar surface area (TPSA) is 74.8 Å². The summed E-state index contributed by atoms with van der Waals surface area (Å²) in [6, 6.07) is 36.0. The van der Waals surface area contributed by atoms with Crippen molar-refractivity contribution < 1.29 is 13.7 Å². The van der Waals surface area contributed by atoms with E-state index in [0.29, 0.717) is 24.6 Å². The van der Waals surface area contributed by atoms with E-state index in [2.05, 4.69) is 129 Å². The fourth-order valence-corrected chi connectivity index (χ4v) is 13.2. The number of nitrogens with zero attached hydrogens (tertiary/aromatic N) is 4. The van der Waals surface area contributed by atoms with E-state index in [9.17, 15) is 0 Å². The molecule has 0 radical (unpaired) electrons. The first-order valence-corrected chi connectivity index (χ1v) is 21.6. The van der Waals surface area contributed by atoms with E-state index in [-0.39, 0.29) is 10.5 Å². The van der Waals surface area contributed by atoms with Crippen LogP contribution in [0.3, 0.4) is 0 Å². The summed E-state index contributed by atoms with van der Waals surface area (Å²) in [5, 5.41) is 17.5. The lowest BCUT2D eigenvalue weighted by atomic mass is 9.90. The van der Waals surface area contributed by atoms with Gasteiger partial charge in [0.15, 0.2) is 5.58 Å². The van der Waals surface area contributed by atoms with E-state index in [1.54, 1.807) is 0 Å². The van der Waals surface area contributed by atoms with Gasteiger partial charge in [-0.15, -0.1) is 0 Å². The maximum atomic E-state index is 9.13. The van der Waals surface area contributed by atoms with Gasteiger partial charge in [0.05, 0.1) is 22.9 Å². The summed E-state index contributed by atoms with van der Waals surface area (Å²) in [5.41, 5.74) is 4.81. The molecule has 282 valence electrons. The summed E-state index contributed by atoms with van der Waals surface area (Å²) in [4.78, 5) is 4.85. The van der Waals surface area contributed by atoms with Crippen LogP contribution in [0.15, 0.2) is 102 Å². The zero-order valence-electron chi connectivity index (χ0n) is 32.8. The quantitative estimate of drug-likeness (QED) is 0.100. The third-order valence-corrected chi connectivity index (χ3v) is 16.7. The molecule has 0 unspecified atom stereocenters. The number of nitriles is 1. The van der Waals surface area contributed by atoms with Crippen LogP contribution in [-0.2, 0) is 24.0 Å². The average Bonchev–Trinajstić information content (AvgIpc) is 3.82. The molecule has 0 amide bonds. The second kappa shape index (κ2) is 16.2. The molecule has 54 heavy (non-hydrogen) atoms. The first-order chi connectivity index (χ1) is 26.1. The van der Waals surface area contributed by atoms with Gasteiger partial charge < -0.3 is 23.5 Å². The van der Waals surface area contributed by atoms with Crippen molar-refractivity contribution in [2.24, 2.45) is 11.3 Å². The van der Waals surface area contributed by atoms with Crippen molar-refractivity contribution in [2.75, 3.05) is 40.3 Å². The van der Waals surface area contributed by atoms with E-state index in [0.717, 1.165) is 72.6 Å². The maximum Gasteiger partial charge on any atom is 0.261 e. The van der Waals surface area contributed by atoms with Crippen LogP contribution >= 0.6 is 0 Å². The normalized spacial score (nSPS) is 16.5. The number of benzene rings is 4. The minimum Gasteiger partial charge on any atom is -0.488 e. The molecule has 2 heterocycles. The molecule has 4 aromatic carbocycles. The highest BCUT2D eigenvalue weighted by atomic mass is 28.4. The molecule has 5 aromatic rings. The zero-order chi connectivity index (χ0) is 37.8. The van der Waals surface area contributed by atoms with Crippen LogP contribution in [0.25, 0.3) is 11.0 Å². The van der Waals surface area contributed by atoms with E-state index in [1.807, 2.05) is 24.3 Å². The third-order valence-electron chi connectivity index (χ3n) is 11.8. The highest BCUT2D eigenvalue weighted by molar-refractivity contribution is 6.99. The lowest BCUT2D eigenvalue weighted by molar-refractivity contribution is 0.119. The summed E-state index contributed by atoms with van der Waals surface area (Å²) in [7, 11) is 1.57. The van der Waals surface area contributed by atoms with Crippen molar-refractivity contribution >= 4 is 29.7 Å². The minimum absolute atomic E-state index is 0.00353. The molecule has 8 heteroatoms. The standard InChI is InChI=1S/C46H56N4O3Si/c1-45(2,3)54(38-12-8-6-9-13-38,39-14-10-7-11-15-39)52-34-46(26-27-46)33-50-28-24-35(25-29-50)20-22-42-40-21-23-43(41(31-49(4)5)44(40)53-48-42)51-32-37-18-16-36(30-47)17-19-37/h6-19,21,23,35H,20,22,24-29,31-34H2,1-5H3. The first-order valence-electron chi connectivity index (χ1n) is 19.7. The second-order valence-electron chi connectivity index (χ2n) is 17.1. The first kappa shape index (κ1) is 38.0. The molecule has 1 saturated heterocycles. The van der Waals surface area contributed by atoms with Crippen molar-refractivity contribution in [3.8, 4) is 11.8 Å². The van der Waals surface area contributed by atoms with Crippen LogP contribution < -0.4 is 15.1 Å². The number of aromatic nitrogens is 1. The Morgan fingerprint density at radius 3 is 2.13 bits per heavy atom. The summed E-state index contributed by atoms with van der Waals surface area (Å²) < 4.78 is 19.8. The van der Waals surface area contributed by atoms with Crippen molar-refractivity contribution in [1.82, 2.24) is 15.0 Å². The number of fused-ring (bicyclic) bond motifs is 1. The highest BCUT2D eigenvalue weighted by Gasteiger charge is 2.53. The van der Waals surface area contributed by atoms with Gasteiger partial charge in [-0.1, -0.05) is 98.7 Å². The van der Waals surface area contributed by atoms with E-state index >= 15 is 0 Å². The van der Waals surface area contributed by atoms with Crippen molar-refractivity contribution in [3.05, 3.63) is 119 Å². The molecule has 0 spiro atoms. The molecule has 1 aliphatic carbocycles. The summed E-state index contributed by atoms with van der Waals surface area (Å²) in [5.74, 6) is 1.49. The Labute approximate surface area is 323 Å². The molecule has 1 aliphatic heterocycles. The Morgan fingerprint density at radius 1 is 0.907 bits per heavy atom. The van der Waals surface area contributed by atoms with E-state index in [1.165, 1.54) is 36.1 Å². The molecular formula is C46H56N4O3Si. The number of likely N-dealkylation sites (tertiary alicyclic amines) is 1. The zero-order valence-corrected chi connectivity index (χ0v) is 33.8. The van der Waals surface area contributed by atoms with Crippen LogP contribution in [0.4, 0.5) is 0 Å². The van der Waals surface area contributed by atoms with Gasteiger partial charge in [-0.3, -0.25) is 0 Å². The van der Waals surface area contributed by atoms with Gasteiger partial charge in [-0.05, 0) is 117 Å². The van der Waals surface area contributed by atoms with Crippen LogP contribution in [0.2, 0.25) is 5.04 Å². The van der Waals surface area contributed by atoms with Gasteiger partial charge in [0.25, 0.3) is 8.32 Å². The average molecular weight is 741 g/mol. The number of aryl methyl sites for hydroxylation is 1. The Kier molecular flexibility index (Phi) is 11.4. The fourth-order valence-electron chi connectivity index (χ4n) is 8.51. The molecule has 2 fully saturated rings. The largest absolute Gasteiger partial charge is 0.488 e. The summed E-state index contributed by atoms with van der Waals surface area (Å²) >= 11 is 0. The Hall–Kier alpha value is -4.26. The van der Waals surface area contributed by atoms with Crippen molar-refractivity contribution in [1.29, 1.82) is 5.26 Å². The fraction of sp³-hybridized carbons (Fsp3) is 0.435. The van der Waals surface area contributed by atoms with Gasteiger partial charge >= 0.3 is 0 Å². The minimum atomic E-state index is -2.54. The molecule has 1 aromatic heterocycles. The molecule has 7 nitrogen and oxygen atoms in total. The number of rotatable bonds is 15. The number of ether oxygens (including phenoxy) is 1. The Bertz CT molecular complexity index is 1980. The SMILES string of the molecule is CN(C)Cc1c(OCc2ccc(C#N)cc2)ccc2c(CCC3CCN(CC4(CO[Si](c5ccccc5)(c5ccccc5)C(C)(C)C)CC4)CC3)noc12. The van der Waals surface area contributed by atoms with Gasteiger partial charge in [0, 0.05) is 30.5 Å². The lowest BCUT2D eigenvalue weighted by Gasteiger charge is -2.44. The monoisotopic (exact) mass is 740 g/mol. The van der Waals surface area contributed by atoms with Crippen LogP contribution in [0, 0.1) is 22.7 Å². The van der Waals surface area contributed by atoms with Gasteiger partial charge in [0.2, 0.25) is 0 Å². The molecule has 0 atom stereocenters. The smallest absolute Gasteiger partial charge is 0.261 e. The van der Waals surface area contributed by atoms with Crippen molar-refractivity contribution in [3.63, 3.8) is 0 Å². The predicted octanol–water partition coefficient (Wildman–Crippen LogP) is 8.34. The van der Waals surface area contributed by atoms with E-state index in [4.69, 9.17) is 18.9 Å². The van der Waals surface area contributed by atoms with Gasteiger partial charge in [-0.2, -0.15) is 5.26 Å².